The number of nitrogens with zero attached hydrogens (tertiary/aromatic N) is 1. The molecule has 2 heterocycles. The van der Waals surface area contributed by atoms with Gasteiger partial charge in [-0.3, -0.25) is 0 Å². The van der Waals surface area contributed by atoms with Crippen LogP contribution in [-0.4, -0.2) is 10.1 Å². The summed E-state index contributed by atoms with van der Waals surface area (Å²) in [6.45, 7) is 6.10. The minimum atomic E-state index is -0.156. The van der Waals surface area contributed by atoms with Gasteiger partial charge in [0, 0.05) is 22.7 Å². The first kappa shape index (κ1) is 13.9. The lowest BCUT2D eigenvalue weighted by Crippen LogP contribution is -1.95. The number of fused-ring (bicyclic) bond motifs is 1. The third-order valence-electron chi connectivity index (χ3n) is 3.76. The van der Waals surface area contributed by atoms with Crippen molar-refractivity contribution in [3.63, 3.8) is 0 Å². The fourth-order valence-electron chi connectivity index (χ4n) is 2.52. The Balaban J connectivity index is 1.86. The molecule has 0 unspecified atom stereocenters. The molecule has 0 saturated heterocycles. The molecule has 0 fully saturated rings. The summed E-state index contributed by atoms with van der Waals surface area (Å²) < 4.78 is 19.2. The van der Waals surface area contributed by atoms with E-state index in [-0.39, 0.29) is 5.82 Å². The molecule has 110 valence electrons. The zero-order chi connectivity index (χ0) is 15.0. The van der Waals surface area contributed by atoms with Crippen LogP contribution in [0.1, 0.15) is 42.5 Å². The van der Waals surface area contributed by atoms with Crippen LogP contribution in [0, 0.1) is 12.7 Å². The Morgan fingerprint density at radius 3 is 2.67 bits per heavy atom. The van der Waals surface area contributed by atoms with Gasteiger partial charge in [-0.25, -0.2) is 4.39 Å². The van der Waals surface area contributed by atoms with Gasteiger partial charge >= 0.3 is 0 Å². The fourth-order valence-corrected chi connectivity index (χ4v) is 2.52. The van der Waals surface area contributed by atoms with Crippen LogP contribution in [0.3, 0.4) is 0 Å². The van der Waals surface area contributed by atoms with Gasteiger partial charge in [-0.1, -0.05) is 19.0 Å². The van der Waals surface area contributed by atoms with Gasteiger partial charge in [0.2, 0.25) is 0 Å². The second kappa shape index (κ2) is 5.35. The SMILES string of the molecule is Cc1cc(CCc2cc3[nH]c(C(C)C)cc3cc2F)no1. The summed E-state index contributed by atoms with van der Waals surface area (Å²) in [7, 11) is 0. The Kier molecular flexibility index (Phi) is 3.53. The lowest BCUT2D eigenvalue weighted by Gasteiger charge is -2.02. The minimum Gasteiger partial charge on any atom is -0.361 e. The Hall–Kier alpha value is -2.10. The largest absolute Gasteiger partial charge is 0.361 e. The van der Waals surface area contributed by atoms with Crippen molar-refractivity contribution in [1.82, 2.24) is 10.1 Å². The second-order valence-corrected chi connectivity index (χ2v) is 5.84. The standard InChI is InChI=1S/C17H19FN2O/c1-10(2)16-9-13-7-15(18)12(8-17(13)19-16)4-5-14-6-11(3)21-20-14/h6-10,19H,4-5H2,1-3H3. The summed E-state index contributed by atoms with van der Waals surface area (Å²) in [4.78, 5) is 3.36. The van der Waals surface area contributed by atoms with E-state index >= 15 is 0 Å². The number of hydrogen-bond acceptors (Lipinski definition) is 2. The summed E-state index contributed by atoms with van der Waals surface area (Å²) in [5, 5.41) is 4.87. The number of hydrogen-bond donors (Lipinski definition) is 1. The number of rotatable bonds is 4. The van der Waals surface area contributed by atoms with Gasteiger partial charge in [-0.15, -0.1) is 0 Å². The molecule has 3 nitrogen and oxygen atoms in total. The Labute approximate surface area is 123 Å². The normalized spacial score (nSPS) is 11.7. The molecule has 21 heavy (non-hydrogen) atoms. The van der Waals surface area contributed by atoms with Gasteiger partial charge in [-0.05, 0) is 49.4 Å². The van der Waals surface area contributed by atoms with Crippen LogP contribution < -0.4 is 0 Å². The van der Waals surface area contributed by atoms with E-state index in [1.54, 1.807) is 6.07 Å². The third-order valence-corrected chi connectivity index (χ3v) is 3.76. The highest BCUT2D eigenvalue weighted by atomic mass is 19.1. The molecule has 3 rings (SSSR count). The molecule has 0 aliphatic rings. The quantitative estimate of drug-likeness (QED) is 0.766. The predicted molar refractivity (Wildman–Crippen MR) is 81.0 cm³/mol. The Morgan fingerprint density at radius 2 is 2.00 bits per heavy atom. The maximum Gasteiger partial charge on any atom is 0.133 e. The number of halogens is 1. The van der Waals surface area contributed by atoms with Crippen LogP contribution in [0.25, 0.3) is 10.9 Å². The van der Waals surface area contributed by atoms with Crippen molar-refractivity contribution in [3.05, 3.63) is 52.8 Å². The van der Waals surface area contributed by atoms with Gasteiger partial charge in [0.05, 0.1) is 5.69 Å². The van der Waals surface area contributed by atoms with Crippen molar-refractivity contribution in [3.8, 4) is 0 Å². The molecule has 4 heteroatoms. The molecular weight excluding hydrogens is 267 g/mol. The fraction of sp³-hybridized carbons (Fsp3) is 0.353. The van der Waals surface area contributed by atoms with Gasteiger partial charge in [-0.2, -0.15) is 0 Å². The molecule has 1 aromatic carbocycles. The van der Waals surface area contributed by atoms with Crippen LogP contribution >= 0.6 is 0 Å². The van der Waals surface area contributed by atoms with E-state index in [1.807, 2.05) is 25.1 Å². The first-order valence-electron chi connectivity index (χ1n) is 7.26. The highest BCUT2D eigenvalue weighted by Crippen LogP contribution is 2.24. The molecule has 0 atom stereocenters. The van der Waals surface area contributed by atoms with E-state index in [1.165, 1.54) is 0 Å². The summed E-state index contributed by atoms with van der Waals surface area (Å²) in [6, 6.07) is 7.43. The molecule has 0 bridgehead atoms. The van der Waals surface area contributed by atoms with Crippen molar-refractivity contribution in [2.24, 2.45) is 0 Å². The van der Waals surface area contributed by atoms with Crippen molar-refractivity contribution in [2.75, 3.05) is 0 Å². The highest BCUT2D eigenvalue weighted by molar-refractivity contribution is 5.81. The summed E-state index contributed by atoms with van der Waals surface area (Å²) >= 11 is 0. The van der Waals surface area contributed by atoms with Crippen molar-refractivity contribution in [2.45, 2.75) is 39.5 Å². The molecule has 0 aliphatic heterocycles. The van der Waals surface area contributed by atoms with Gasteiger partial charge in [0.15, 0.2) is 0 Å². The van der Waals surface area contributed by atoms with E-state index in [0.29, 0.717) is 24.3 Å². The first-order chi connectivity index (χ1) is 10.0. The summed E-state index contributed by atoms with van der Waals surface area (Å²) in [6.07, 6.45) is 1.29. The van der Waals surface area contributed by atoms with Crippen LogP contribution in [0.5, 0.6) is 0 Å². The average Bonchev–Trinajstić information content (AvgIpc) is 3.02. The molecule has 2 aromatic heterocycles. The molecular formula is C17H19FN2O. The molecule has 3 aromatic rings. The lowest BCUT2D eigenvalue weighted by molar-refractivity contribution is 0.390. The average molecular weight is 286 g/mol. The Bertz CT molecular complexity index is 770. The molecule has 0 spiro atoms. The molecule has 0 saturated carbocycles. The second-order valence-electron chi connectivity index (χ2n) is 5.84. The number of aromatic nitrogens is 2. The highest BCUT2D eigenvalue weighted by Gasteiger charge is 2.10. The monoisotopic (exact) mass is 286 g/mol. The van der Waals surface area contributed by atoms with Gasteiger partial charge in [0.25, 0.3) is 0 Å². The first-order valence-corrected chi connectivity index (χ1v) is 7.26. The molecule has 0 aliphatic carbocycles. The van der Waals surface area contributed by atoms with Crippen LogP contribution in [0.15, 0.2) is 28.8 Å². The zero-order valence-corrected chi connectivity index (χ0v) is 12.5. The number of aromatic amines is 1. The minimum absolute atomic E-state index is 0.156. The smallest absolute Gasteiger partial charge is 0.133 e. The van der Waals surface area contributed by atoms with Gasteiger partial charge < -0.3 is 9.51 Å². The Morgan fingerprint density at radius 1 is 1.19 bits per heavy atom. The topological polar surface area (TPSA) is 41.8 Å². The van der Waals surface area contributed by atoms with Gasteiger partial charge in [0.1, 0.15) is 11.6 Å². The lowest BCUT2D eigenvalue weighted by atomic mass is 10.1. The van der Waals surface area contributed by atoms with E-state index < -0.39 is 0 Å². The number of aryl methyl sites for hydroxylation is 3. The molecule has 0 amide bonds. The summed E-state index contributed by atoms with van der Waals surface area (Å²) in [5.41, 5.74) is 3.70. The third kappa shape index (κ3) is 2.84. The number of H-pyrrole nitrogens is 1. The molecule has 0 radical (unpaired) electrons. The van der Waals surface area contributed by atoms with Crippen LogP contribution in [0.2, 0.25) is 0 Å². The molecule has 1 N–H and O–H groups in total. The van der Waals surface area contributed by atoms with E-state index in [4.69, 9.17) is 4.52 Å². The van der Waals surface area contributed by atoms with E-state index in [2.05, 4.69) is 24.0 Å². The maximum absolute atomic E-state index is 14.2. The predicted octanol–water partition coefficient (Wildman–Crippen LogP) is 4.51. The number of nitrogens with one attached hydrogen (secondary N) is 1. The maximum atomic E-state index is 14.2. The number of benzene rings is 1. The zero-order valence-electron chi connectivity index (χ0n) is 12.5. The van der Waals surface area contributed by atoms with Crippen molar-refractivity contribution in [1.29, 1.82) is 0 Å². The van der Waals surface area contributed by atoms with Crippen LogP contribution in [-0.2, 0) is 12.8 Å². The van der Waals surface area contributed by atoms with E-state index in [9.17, 15) is 4.39 Å². The summed E-state index contributed by atoms with van der Waals surface area (Å²) in [5.74, 6) is 1.03. The van der Waals surface area contributed by atoms with E-state index in [0.717, 1.165) is 28.1 Å². The van der Waals surface area contributed by atoms with Crippen LogP contribution in [0.4, 0.5) is 4.39 Å². The van der Waals surface area contributed by atoms with Crippen molar-refractivity contribution < 1.29 is 8.91 Å². The van der Waals surface area contributed by atoms with Crippen molar-refractivity contribution >= 4 is 10.9 Å².